The van der Waals surface area contributed by atoms with E-state index >= 15 is 0 Å². The highest BCUT2D eigenvalue weighted by Gasteiger charge is 2.48. The number of unbranched alkanes of at least 4 members (excludes halogenated alkanes) is 3. The van der Waals surface area contributed by atoms with Gasteiger partial charge in [-0.05, 0) is 86.3 Å². The normalized spacial score (nSPS) is 25.3. The fraction of sp³-hybridized carbons (Fsp3) is 0.481. The molecule has 3 atom stereocenters. The molecule has 2 bridgehead atoms. The Morgan fingerprint density at radius 3 is 2.65 bits per heavy atom. The van der Waals surface area contributed by atoms with Crippen LogP contribution in [0.25, 0.3) is 17.4 Å². The third-order valence-electron chi connectivity index (χ3n) is 7.44. The largest absolute Gasteiger partial charge is 0.456 e. The number of carbonyl (C=O) groups is 1. The van der Waals surface area contributed by atoms with Crippen molar-refractivity contribution in [2.75, 3.05) is 6.61 Å². The van der Waals surface area contributed by atoms with E-state index in [9.17, 15) is 9.18 Å². The number of rotatable bonds is 9. The summed E-state index contributed by atoms with van der Waals surface area (Å²) in [6.07, 6.45) is 11.2. The van der Waals surface area contributed by atoms with Gasteiger partial charge in [0.15, 0.2) is 0 Å². The first kappa shape index (κ1) is 23.8. The number of benzene rings is 1. The maximum Gasteiger partial charge on any atom is 0.266 e. The number of aryl methyl sites for hydroxylation is 1. The number of thiocarbonyl (C=S) groups is 1. The lowest BCUT2D eigenvalue weighted by atomic mass is 9.94. The number of amides is 1. The predicted octanol–water partition coefficient (Wildman–Crippen LogP) is 6.57. The number of aliphatic hydroxyl groups excluding tert-OH is 1. The molecule has 1 aromatic heterocycles. The van der Waals surface area contributed by atoms with Gasteiger partial charge in [0.25, 0.3) is 5.91 Å². The highest BCUT2D eigenvalue weighted by molar-refractivity contribution is 8.26. The second-order valence-corrected chi connectivity index (χ2v) is 11.4. The Balaban J connectivity index is 1.39. The molecule has 2 aromatic rings. The van der Waals surface area contributed by atoms with Crippen molar-refractivity contribution in [1.82, 2.24) is 4.90 Å². The van der Waals surface area contributed by atoms with Crippen molar-refractivity contribution in [2.45, 2.75) is 63.8 Å². The van der Waals surface area contributed by atoms with Crippen LogP contribution in [0, 0.1) is 17.7 Å². The van der Waals surface area contributed by atoms with E-state index in [-0.39, 0.29) is 24.4 Å². The molecule has 0 spiro atoms. The molecule has 7 heteroatoms. The number of halogens is 1. The van der Waals surface area contributed by atoms with Gasteiger partial charge in [0, 0.05) is 24.3 Å². The summed E-state index contributed by atoms with van der Waals surface area (Å²) in [5, 5.41) is 9.02. The van der Waals surface area contributed by atoms with Crippen molar-refractivity contribution in [3.63, 3.8) is 0 Å². The Morgan fingerprint density at radius 1 is 1.15 bits per heavy atom. The van der Waals surface area contributed by atoms with Gasteiger partial charge < -0.3 is 9.52 Å². The summed E-state index contributed by atoms with van der Waals surface area (Å²) in [6, 6.07) is 8.50. The quantitative estimate of drug-likeness (QED) is 0.240. The van der Waals surface area contributed by atoms with Crippen LogP contribution >= 0.6 is 24.0 Å². The third kappa shape index (κ3) is 4.88. The molecule has 4 nitrogen and oxygen atoms in total. The highest BCUT2D eigenvalue weighted by Crippen LogP contribution is 2.49. The Bertz CT molecular complexity index is 1090. The highest BCUT2D eigenvalue weighted by atomic mass is 32.2. The second kappa shape index (κ2) is 10.3. The lowest BCUT2D eigenvalue weighted by Gasteiger charge is -2.30. The van der Waals surface area contributed by atoms with E-state index in [0.717, 1.165) is 55.6 Å². The minimum atomic E-state index is -0.288. The first-order valence-corrected chi connectivity index (χ1v) is 13.5. The smallest absolute Gasteiger partial charge is 0.266 e. The fourth-order valence-electron chi connectivity index (χ4n) is 5.71. The molecule has 1 amide bonds. The van der Waals surface area contributed by atoms with Crippen molar-refractivity contribution in [3.05, 3.63) is 52.4 Å². The standard InChI is InChI=1S/C27H30FNO3S2/c28-21-10-8-18(9-11-21)23-15-20(5-3-1-2-4-12-30)24(32-23)16-25-26(31)29(27(33)34-25)22-14-17-6-7-19(22)13-17/h8-11,15-17,19,22,30H,1-7,12-14H2/b25-16+. The van der Waals surface area contributed by atoms with Crippen molar-refractivity contribution in [3.8, 4) is 11.3 Å². The van der Waals surface area contributed by atoms with Crippen molar-refractivity contribution in [1.29, 1.82) is 0 Å². The van der Waals surface area contributed by atoms with Crippen LogP contribution in [-0.2, 0) is 11.2 Å². The second-order valence-electron chi connectivity index (χ2n) is 9.69. The van der Waals surface area contributed by atoms with E-state index in [1.807, 2.05) is 17.0 Å². The Hall–Kier alpha value is -1.96. The van der Waals surface area contributed by atoms with Gasteiger partial charge in [-0.1, -0.05) is 43.2 Å². The SMILES string of the molecule is O=C1/C(=C\c2oc(-c3ccc(F)cc3)cc2CCCCCCO)SC(=S)N1C1CC2CCC1C2. The maximum atomic E-state index is 13.4. The molecule has 3 fully saturated rings. The van der Waals surface area contributed by atoms with Crippen LogP contribution in [0.15, 0.2) is 39.7 Å². The average molecular weight is 500 g/mol. The van der Waals surface area contributed by atoms with Gasteiger partial charge >= 0.3 is 0 Å². The summed E-state index contributed by atoms with van der Waals surface area (Å²) < 4.78 is 20.3. The van der Waals surface area contributed by atoms with Gasteiger partial charge in [-0.2, -0.15) is 0 Å². The molecule has 3 aliphatic rings. The number of furan rings is 1. The van der Waals surface area contributed by atoms with Crippen LogP contribution in [0.3, 0.4) is 0 Å². The summed E-state index contributed by atoms with van der Waals surface area (Å²) in [7, 11) is 0. The van der Waals surface area contributed by atoms with Crippen molar-refractivity contribution in [2.24, 2.45) is 11.8 Å². The Labute approximate surface area is 209 Å². The number of hydrogen-bond acceptors (Lipinski definition) is 5. The molecular weight excluding hydrogens is 469 g/mol. The zero-order valence-electron chi connectivity index (χ0n) is 19.2. The van der Waals surface area contributed by atoms with Gasteiger partial charge in [-0.25, -0.2) is 4.39 Å². The fourth-order valence-corrected chi connectivity index (χ4v) is 7.05. The first-order valence-electron chi connectivity index (χ1n) is 12.3. The molecule has 5 rings (SSSR count). The van der Waals surface area contributed by atoms with Gasteiger partial charge in [0.05, 0.1) is 4.91 Å². The average Bonchev–Trinajstić information content (AvgIpc) is 3.59. The van der Waals surface area contributed by atoms with Crippen LogP contribution in [0.5, 0.6) is 0 Å². The number of thioether (sulfide) groups is 1. The van der Waals surface area contributed by atoms with Crippen LogP contribution in [0.4, 0.5) is 4.39 Å². The third-order valence-corrected chi connectivity index (χ3v) is 8.77. The molecule has 2 saturated carbocycles. The van der Waals surface area contributed by atoms with Crippen LogP contribution in [-0.4, -0.2) is 32.9 Å². The molecule has 0 radical (unpaired) electrons. The minimum Gasteiger partial charge on any atom is -0.456 e. The predicted molar refractivity (Wildman–Crippen MR) is 138 cm³/mol. The van der Waals surface area contributed by atoms with E-state index in [0.29, 0.717) is 26.7 Å². The molecule has 1 aliphatic heterocycles. The van der Waals surface area contributed by atoms with E-state index in [2.05, 4.69) is 0 Å². The maximum absolute atomic E-state index is 13.4. The molecular formula is C27H30FNO3S2. The number of hydrogen-bond donors (Lipinski definition) is 1. The number of carbonyl (C=O) groups excluding carboxylic acids is 1. The number of fused-ring (bicyclic) bond motifs is 2. The summed E-state index contributed by atoms with van der Waals surface area (Å²) in [5.74, 6) is 2.37. The summed E-state index contributed by atoms with van der Waals surface area (Å²) in [4.78, 5) is 15.9. The summed E-state index contributed by atoms with van der Waals surface area (Å²) in [6.45, 7) is 0.218. The van der Waals surface area contributed by atoms with E-state index < -0.39 is 0 Å². The zero-order valence-corrected chi connectivity index (χ0v) is 20.8. The van der Waals surface area contributed by atoms with Crippen molar-refractivity contribution < 1.29 is 18.7 Å². The Morgan fingerprint density at radius 2 is 1.94 bits per heavy atom. The first-order chi connectivity index (χ1) is 16.5. The molecule has 1 N–H and O–H groups in total. The lowest BCUT2D eigenvalue weighted by Crippen LogP contribution is -2.41. The van der Waals surface area contributed by atoms with Crippen LogP contribution < -0.4 is 0 Å². The van der Waals surface area contributed by atoms with Gasteiger partial charge in [0.1, 0.15) is 21.7 Å². The van der Waals surface area contributed by atoms with E-state index in [1.54, 1.807) is 12.1 Å². The lowest BCUT2D eigenvalue weighted by molar-refractivity contribution is -0.124. The molecule has 3 unspecified atom stereocenters. The summed E-state index contributed by atoms with van der Waals surface area (Å²) >= 11 is 7.01. The van der Waals surface area contributed by atoms with E-state index in [1.165, 1.54) is 43.2 Å². The van der Waals surface area contributed by atoms with Gasteiger partial charge in [0.2, 0.25) is 0 Å². The van der Waals surface area contributed by atoms with Gasteiger partial charge in [-0.15, -0.1) is 0 Å². The Kier molecular flexibility index (Phi) is 7.23. The van der Waals surface area contributed by atoms with Crippen LogP contribution in [0.2, 0.25) is 0 Å². The molecule has 2 aliphatic carbocycles. The molecule has 180 valence electrons. The molecule has 34 heavy (non-hydrogen) atoms. The zero-order chi connectivity index (χ0) is 23.7. The molecule has 2 heterocycles. The number of nitrogens with zero attached hydrogens (tertiary/aromatic N) is 1. The number of aliphatic hydroxyl groups is 1. The topological polar surface area (TPSA) is 53.7 Å². The monoisotopic (exact) mass is 499 g/mol. The van der Waals surface area contributed by atoms with Gasteiger partial charge in [-0.3, -0.25) is 9.69 Å². The van der Waals surface area contributed by atoms with E-state index in [4.69, 9.17) is 21.7 Å². The summed E-state index contributed by atoms with van der Waals surface area (Å²) in [5.41, 5.74) is 1.84. The minimum absolute atomic E-state index is 0.00109. The van der Waals surface area contributed by atoms with Crippen LogP contribution in [0.1, 0.15) is 62.7 Å². The molecule has 1 aromatic carbocycles. The molecule has 1 saturated heterocycles. The van der Waals surface area contributed by atoms with Crippen molar-refractivity contribution >= 4 is 40.3 Å².